The molecule has 0 radical (unpaired) electrons. The Morgan fingerprint density at radius 1 is 1.18 bits per heavy atom. The molecule has 8 nitrogen and oxygen atoms in total. The highest BCUT2D eigenvalue weighted by atomic mass is 35.5. The number of ether oxygens (including phenoxy) is 2. The molecule has 1 heterocycles. The number of aryl methyl sites for hydroxylation is 1. The number of rotatable bonds is 11. The molecular weight excluding hydrogens is 525 g/mol. The molecule has 0 spiro atoms. The number of carbonyl (C=O) groups excluding carboxylic acids is 1. The van der Waals surface area contributed by atoms with Crippen LogP contribution in [0.1, 0.15) is 35.4 Å². The molecule has 3 N–H and O–H groups in total. The first-order chi connectivity index (χ1) is 18.4. The molecule has 0 saturated carbocycles. The van der Waals surface area contributed by atoms with Crippen molar-refractivity contribution in [2.45, 2.75) is 37.6 Å². The second-order valence-electron chi connectivity index (χ2n) is 9.61. The van der Waals surface area contributed by atoms with Gasteiger partial charge in [-0.05, 0) is 91.8 Å². The lowest BCUT2D eigenvalue weighted by Crippen LogP contribution is -2.38. The Kier molecular flexibility index (Phi) is 9.47. The van der Waals surface area contributed by atoms with Gasteiger partial charge in [-0.2, -0.15) is 4.79 Å². The maximum atomic E-state index is 11.5. The summed E-state index contributed by atoms with van der Waals surface area (Å²) in [6.45, 7) is 2.28. The number of likely N-dealkylation sites (N-methyl/N-ethyl adjacent to an activating group) is 1. The van der Waals surface area contributed by atoms with Crippen molar-refractivity contribution < 1.29 is 18.8 Å². The van der Waals surface area contributed by atoms with E-state index in [9.17, 15) is 4.79 Å². The predicted octanol–water partition coefficient (Wildman–Crippen LogP) is 4.38. The Hall–Kier alpha value is -2.87. The van der Waals surface area contributed by atoms with Crippen LogP contribution in [0.3, 0.4) is 0 Å². The standard InChI is InChI=1S/C28H34Cl2N5O3/c1-34(20-6-5-18-12-26(37-2)27(38-3)13-19(18)11-20)9-4-7-32-16-22(28-33-8-10-35(28)17-36)21-14-23(29)24(30)15-25(21)31/h8,10,12-15,20,22,32H,4-7,9,11,16,31H2,1-3H3/q+1. The average molecular weight is 560 g/mol. The van der Waals surface area contributed by atoms with Crippen molar-refractivity contribution in [1.29, 1.82) is 0 Å². The highest BCUT2D eigenvalue weighted by Crippen LogP contribution is 2.35. The molecule has 0 bridgehead atoms. The minimum atomic E-state index is -0.291. The molecule has 2 aliphatic rings. The van der Waals surface area contributed by atoms with Gasteiger partial charge < -0.3 is 25.4 Å². The molecule has 1 aliphatic heterocycles. The van der Waals surface area contributed by atoms with Gasteiger partial charge in [0.15, 0.2) is 23.9 Å². The highest BCUT2D eigenvalue weighted by molar-refractivity contribution is 6.42. The SMILES string of the molecule is COc1cc2c(cc1OC)CC(N(C)CCCNCC(C1=NC=C[N+]1=C=O)c1cc(Cl)c(Cl)cc1N)CC2. The molecule has 2 unspecified atom stereocenters. The zero-order valence-corrected chi connectivity index (χ0v) is 23.5. The molecule has 2 aromatic rings. The summed E-state index contributed by atoms with van der Waals surface area (Å²) in [5.74, 6) is 1.82. The largest absolute Gasteiger partial charge is 0.493 e. The summed E-state index contributed by atoms with van der Waals surface area (Å²) < 4.78 is 12.3. The van der Waals surface area contributed by atoms with Crippen LogP contribution < -0.4 is 20.5 Å². The van der Waals surface area contributed by atoms with Crippen LogP contribution in [-0.4, -0.2) is 68.3 Å². The van der Waals surface area contributed by atoms with Crippen molar-refractivity contribution in [3.05, 3.63) is 63.4 Å². The number of hydrogen-bond donors (Lipinski definition) is 2. The monoisotopic (exact) mass is 558 g/mol. The van der Waals surface area contributed by atoms with Crippen molar-refractivity contribution in [2.75, 3.05) is 46.6 Å². The van der Waals surface area contributed by atoms with E-state index in [0.717, 1.165) is 55.8 Å². The number of amidine groups is 1. The van der Waals surface area contributed by atoms with Crippen LogP contribution in [0.5, 0.6) is 11.5 Å². The summed E-state index contributed by atoms with van der Waals surface area (Å²) >= 11 is 12.4. The van der Waals surface area contributed by atoms with E-state index in [1.54, 1.807) is 38.8 Å². The zero-order chi connectivity index (χ0) is 27.2. The van der Waals surface area contributed by atoms with Gasteiger partial charge in [0.1, 0.15) is 5.92 Å². The van der Waals surface area contributed by atoms with Crippen molar-refractivity contribution >= 4 is 40.8 Å². The molecule has 202 valence electrons. The molecule has 10 heteroatoms. The maximum Gasteiger partial charge on any atom is 0.331 e. The number of fused-ring (bicyclic) bond motifs is 1. The lowest BCUT2D eigenvalue weighted by molar-refractivity contribution is -0.321. The maximum absolute atomic E-state index is 11.5. The summed E-state index contributed by atoms with van der Waals surface area (Å²) in [5, 5.41) is 4.30. The van der Waals surface area contributed by atoms with Gasteiger partial charge in [-0.3, -0.25) is 0 Å². The number of benzene rings is 2. The third-order valence-corrected chi connectivity index (χ3v) is 8.05. The van der Waals surface area contributed by atoms with Crippen LogP contribution in [0.4, 0.5) is 5.69 Å². The number of isocyanates is 1. The number of nitrogens with zero attached hydrogens (tertiary/aromatic N) is 3. The number of hydrogen-bond acceptors (Lipinski definition) is 7. The van der Waals surface area contributed by atoms with Gasteiger partial charge in [0.25, 0.3) is 0 Å². The lowest BCUT2D eigenvalue weighted by atomic mass is 9.87. The second kappa shape index (κ2) is 12.8. The number of anilines is 1. The topological polar surface area (TPSA) is 92.2 Å². The smallest absolute Gasteiger partial charge is 0.331 e. The molecule has 0 amide bonds. The lowest BCUT2D eigenvalue weighted by Gasteiger charge is -2.33. The quantitative estimate of drug-likeness (QED) is 0.184. The van der Waals surface area contributed by atoms with E-state index in [0.29, 0.717) is 34.2 Å². The van der Waals surface area contributed by atoms with Crippen molar-refractivity contribution in [1.82, 2.24) is 10.2 Å². The van der Waals surface area contributed by atoms with Crippen LogP contribution in [0.2, 0.25) is 10.0 Å². The molecular formula is C28H34Cl2N5O3+. The number of nitrogens with one attached hydrogen (secondary N) is 1. The van der Waals surface area contributed by atoms with Crippen LogP contribution in [-0.2, 0) is 17.6 Å². The predicted molar refractivity (Wildman–Crippen MR) is 152 cm³/mol. The zero-order valence-electron chi connectivity index (χ0n) is 22.0. The normalized spacial score (nSPS) is 17.3. The van der Waals surface area contributed by atoms with E-state index >= 15 is 0 Å². The van der Waals surface area contributed by atoms with Gasteiger partial charge >= 0.3 is 11.9 Å². The third kappa shape index (κ3) is 6.22. The Morgan fingerprint density at radius 3 is 2.61 bits per heavy atom. The van der Waals surface area contributed by atoms with Crippen molar-refractivity contribution in [3.8, 4) is 11.5 Å². The summed E-state index contributed by atoms with van der Waals surface area (Å²) in [4.78, 5) is 18.3. The molecule has 0 aromatic heterocycles. The van der Waals surface area contributed by atoms with Crippen LogP contribution in [0.25, 0.3) is 0 Å². The van der Waals surface area contributed by atoms with E-state index in [1.165, 1.54) is 15.7 Å². The van der Waals surface area contributed by atoms with Gasteiger partial charge in [0, 0.05) is 18.3 Å². The summed E-state index contributed by atoms with van der Waals surface area (Å²) in [5.41, 5.74) is 10.2. The van der Waals surface area contributed by atoms with Gasteiger partial charge in [0.2, 0.25) is 0 Å². The Labute approximate surface area is 233 Å². The number of methoxy groups -OCH3 is 2. The van der Waals surface area contributed by atoms with Gasteiger partial charge in [-0.25, -0.2) is 0 Å². The molecule has 0 fully saturated rings. The van der Waals surface area contributed by atoms with Crippen LogP contribution >= 0.6 is 23.2 Å². The van der Waals surface area contributed by atoms with Gasteiger partial charge in [-0.15, -0.1) is 4.58 Å². The number of nitrogen functional groups attached to an aromatic ring is 1. The Morgan fingerprint density at radius 2 is 1.89 bits per heavy atom. The fourth-order valence-corrected chi connectivity index (χ4v) is 5.54. The number of aliphatic imine (C=N–C) groups is 1. The van der Waals surface area contributed by atoms with Gasteiger partial charge in [-0.1, -0.05) is 23.2 Å². The minimum Gasteiger partial charge on any atom is -0.493 e. The molecule has 4 rings (SSSR count). The van der Waals surface area contributed by atoms with E-state index in [4.69, 9.17) is 38.4 Å². The average Bonchev–Trinajstić information content (AvgIpc) is 3.40. The number of nitrogens with two attached hydrogens (primary N) is 1. The summed E-state index contributed by atoms with van der Waals surface area (Å²) in [6, 6.07) is 8.08. The first kappa shape index (κ1) is 28.1. The van der Waals surface area contributed by atoms with E-state index < -0.39 is 0 Å². The first-order valence-electron chi connectivity index (χ1n) is 12.7. The second-order valence-corrected chi connectivity index (χ2v) is 10.4. The summed E-state index contributed by atoms with van der Waals surface area (Å²) in [7, 11) is 5.54. The van der Waals surface area contributed by atoms with E-state index in [-0.39, 0.29) is 5.92 Å². The molecule has 38 heavy (non-hydrogen) atoms. The summed E-state index contributed by atoms with van der Waals surface area (Å²) in [6.07, 6.45) is 9.13. The minimum absolute atomic E-state index is 0.291. The fourth-order valence-electron chi connectivity index (χ4n) is 5.19. The van der Waals surface area contributed by atoms with Crippen molar-refractivity contribution in [3.63, 3.8) is 0 Å². The van der Waals surface area contributed by atoms with E-state index in [1.807, 2.05) is 6.08 Å². The molecule has 0 saturated heterocycles. The van der Waals surface area contributed by atoms with Crippen molar-refractivity contribution in [2.24, 2.45) is 4.99 Å². The molecule has 2 atom stereocenters. The highest BCUT2D eigenvalue weighted by Gasteiger charge is 2.33. The first-order valence-corrected chi connectivity index (χ1v) is 13.4. The molecule has 2 aromatic carbocycles. The third-order valence-electron chi connectivity index (χ3n) is 7.33. The number of halogens is 2. The van der Waals surface area contributed by atoms with Crippen LogP contribution in [0, 0.1) is 0 Å². The van der Waals surface area contributed by atoms with Crippen LogP contribution in [0.15, 0.2) is 41.7 Å². The molecule has 1 aliphatic carbocycles. The fraction of sp³-hybridized carbons (Fsp3) is 0.429. The van der Waals surface area contributed by atoms with E-state index in [2.05, 4.69) is 34.4 Å². The Bertz CT molecular complexity index is 1290. The van der Waals surface area contributed by atoms with Gasteiger partial charge in [0.05, 0.1) is 24.3 Å². The Balaban J connectivity index is 1.34.